The number of esters is 2. The molecule has 64 heavy (non-hydrogen) atoms. The molecule has 0 aliphatic heterocycles. The van der Waals surface area contributed by atoms with Crippen molar-refractivity contribution in [2.45, 2.75) is 187 Å². The molecule has 0 aliphatic carbocycles. The van der Waals surface area contributed by atoms with Crippen molar-refractivity contribution in [2.75, 3.05) is 26.4 Å². The van der Waals surface area contributed by atoms with E-state index in [1.165, 1.54) is 70.6 Å². The summed E-state index contributed by atoms with van der Waals surface area (Å²) in [4.78, 5) is 52.8. The summed E-state index contributed by atoms with van der Waals surface area (Å²) in [5, 5.41) is 20.0. The number of hydrogen-bond donors (Lipinski definition) is 5. The summed E-state index contributed by atoms with van der Waals surface area (Å²) in [5.74, 6) is -0.410. The number of hydrogen-bond acceptors (Lipinski definition) is 11. The maximum atomic E-state index is 12.7. The Labute approximate surface area is 385 Å². The summed E-state index contributed by atoms with van der Waals surface area (Å²) in [6.45, 7) is 3.78. The van der Waals surface area contributed by atoms with Gasteiger partial charge in [-0.1, -0.05) is 184 Å². The van der Waals surface area contributed by atoms with Crippen LogP contribution in [0, 0.1) is 5.92 Å². The summed E-state index contributed by atoms with van der Waals surface area (Å²) in [6.07, 6.45) is 42.1. The Hall–Kier alpha value is -2.48. The third-order valence-electron chi connectivity index (χ3n) is 9.62. The van der Waals surface area contributed by atoms with Gasteiger partial charge in [0.2, 0.25) is 0 Å². The predicted octanol–water partition coefficient (Wildman–Crippen LogP) is 11.4. The molecule has 0 radical (unpaired) electrons. The van der Waals surface area contributed by atoms with E-state index in [1.54, 1.807) is 24.3 Å². The number of ether oxygens (including phenoxy) is 2. The second kappa shape index (κ2) is 41.9. The number of aliphatic hydroxyl groups excluding tert-OH is 2. The SMILES string of the molecule is CC/C=C\C/C=C\C/C=C\C/C=C\C=C/C(O)C/C=C\CCC(=O)O[C@H](COC(=O)CCCCCCCCCCCCCCCCC(C)C)COP(=O)(O)OC[C@@H](O)COP(=O)(O)O. The molecule has 0 saturated carbocycles. The third kappa shape index (κ3) is 46.1. The van der Waals surface area contributed by atoms with Crippen molar-refractivity contribution in [1.29, 1.82) is 0 Å². The predicted molar refractivity (Wildman–Crippen MR) is 254 cm³/mol. The average Bonchev–Trinajstić information content (AvgIpc) is 3.24. The van der Waals surface area contributed by atoms with Gasteiger partial charge in [-0.2, -0.15) is 0 Å². The maximum absolute atomic E-state index is 12.7. The first-order valence-corrected chi connectivity index (χ1v) is 26.6. The molecule has 0 saturated heterocycles. The van der Waals surface area contributed by atoms with E-state index in [4.69, 9.17) is 23.8 Å². The van der Waals surface area contributed by atoms with Crippen molar-refractivity contribution in [1.82, 2.24) is 0 Å². The third-order valence-corrected chi connectivity index (χ3v) is 11.1. The van der Waals surface area contributed by atoms with E-state index < -0.39 is 72.3 Å². The lowest BCUT2D eigenvalue weighted by Gasteiger charge is -2.20. The zero-order valence-corrected chi connectivity index (χ0v) is 40.9. The Morgan fingerprint density at radius 3 is 1.64 bits per heavy atom. The summed E-state index contributed by atoms with van der Waals surface area (Å²) in [6, 6.07) is 0. The largest absolute Gasteiger partial charge is 0.472 e. The van der Waals surface area contributed by atoms with Crippen molar-refractivity contribution in [3.8, 4) is 0 Å². The van der Waals surface area contributed by atoms with Gasteiger partial charge < -0.3 is 34.4 Å². The molecule has 16 heteroatoms. The van der Waals surface area contributed by atoms with Gasteiger partial charge in [0.1, 0.15) is 12.7 Å². The maximum Gasteiger partial charge on any atom is 0.472 e. The number of rotatable bonds is 43. The van der Waals surface area contributed by atoms with Crippen molar-refractivity contribution >= 4 is 27.6 Å². The highest BCUT2D eigenvalue weighted by atomic mass is 31.2. The van der Waals surface area contributed by atoms with Gasteiger partial charge >= 0.3 is 27.6 Å². The number of unbranched alkanes of at least 4 members (excludes halogenated alkanes) is 13. The molecular formula is C48H84O14P2. The molecular weight excluding hydrogens is 862 g/mol. The van der Waals surface area contributed by atoms with Gasteiger partial charge in [0.25, 0.3) is 0 Å². The summed E-state index contributed by atoms with van der Waals surface area (Å²) >= 11 is 0. The van der Waals surface area contributed by atoms with E-state index in [0.29, 0.717) is 12.8 Å². The molecule has 0 amide bonds. The molecule has 0 aromatic carbocycles. The van der Waals surface area contributed by atoms with Crippen molar-refractivity contribution in [3.05, 3.63) is 72.9 Å². The van der Waals surface area contributed by atoms with Crippen LogP contribution in [0.15, 0.2) is 72.9 Å². The zero-order valence-electron chi connectivity index (χ0n) is 39.1. The first-order valence-electron chi connectivity index (χ1n) is 23.6. The highest BCUT2D eigenvalue weighted by molar-refractivity contribution is 7.47. The molecule has 0 rings (SSSR count). The van der Waals surface area contributed by atoms with Crippen LogP contribution in [0.25, 0.3) is 0 Å². The van der Waals surface area contributed by atoms with Crippen LogP contribution in [0.5, 0.6) is 0 Å². The molecule has 0 aromatic rings. The Kier molecular flexibility index (Phi) is 40.3. The molecule has 0 heterocycles. The fourth-order valence-corrected chi connectivity index (χ4v) is 7.21. The van der Waals surface area contributed by atoms with Crippen molar-refractivity contribution in [2.24, 2.45) is 5.92 Å². The fourth-order valence-electron chi connectivity index (χ4n) is 6.05. The van der Waals surface area contributed by atoms with Gasteiger partial charge in [0, 0.05) is 12.8 Å². The van der Waals surface area contributed by atoms with Gasteiger partial charge in [0.05, 0.1) is 25.9 Å². The standard InChI is InChI=1S/C48H84O14P2/c1-4-5-6-7-8-9-10-13-17-20-23-26-30-35-44(49)36-31-28-33-38-48(52)62-46(42-61-64(56,57)60-40-45(50)39-59-63(53,54)55)41-58-47(51)37-32-27-24-21-18-15-12-11-14-16-19-22-25-29-34-43(2)3/h5-6,8-9,13,17,23,26,28,30-31,35,43-46,49-50H,4,7,10-12,14-16,18-22,24-25,27,29,32-34,36-42H2,1-3H3,(H,56,57)(H2,53,54,55)/b6-5-,9-8-,17-13-,26-23-,31-28-,35-30-/t44?,45-,46+/m0/s1. The normalized spacial score (nSPS) is 15.1. The molecule has 0 fully saturated rings. The lowest BCUT2D eigenvalue weighted by atomic mass is 10.0. The van der Waals surface area contributed by atoms with Gasteiger partial charge in [-0.05, 0) is 50.9 Å². The zero-order chi connectivity index (χ0) is 47.6. The van der Waals surface area contributed by atoms with Crippen LogP contribution in [0.1, 0.15) is 168 Å². The Bertz CT molecular complexity index is 1430. The molecule has 0 aromatic heterocycles. The second-order valence-electron chi connectivity index (χ2n) is 16.3. The van der Waals surface area contributed by atoms with Gasteiger partial charge in [-0.25, -0.2) is 9.13 Å². The highest BCUT2D eigenvalue weighted by Crippen LogP contribution is 2.43. The smallest absolute Gasteiger partial charge is 0.462 e. The van der Waals surface area contributed by atoms with E-state index >= 15 is 0 Å². The average molecular weight is 947 g/mol. The lowest BCUT2D eigenvalue weighted by Crippen LogP contribution is -2.29. The van der Waals surface area contributed by atoms with Crippen molar-refractivity contribution < 1.29 is 66.7 Å². The van der Waals surface area contributed by atoms with Gasteiger partial charge in [-0.15, -0.1) is 0 Å². The van der Waals surface area contributed by atoms with Crippen LogP contribution in [-0.4, -0.2) is 81.6 Å². The van der Waals surface area contributed by atoms with Gasteiger partial charge in [-0.3, -0.25) is 23.2 Å². The molecule has 14 nitrogen and oxygen atoms in total. The van der Waals surface area contributed by atoms with Crippen LogP contribution in [0.2, 0.25) is 0 Å². The minimum absolute atomic E-state index is 0.0768. The Morgan fingerprint density at radius 1 is 0.562 bits per heavy atom. The quantitative estimate of drug-likeness (QED) is 0.0126. The van der Waals surface area contributed by atoms with E-state index in [9.17, 15) is 33.8 Å². The molecule has 0 bridgehead atoms. The molecule has 370 valence electrons. The van der Waals surface area contributed by atoms with Gasteiger partial charge in [0.15, 0.2) is 6.10 Å². The highest BCUT2D eigenvalue weighted by Gasteiger charge is 2.28. The number of aliphatic hydroxyl groups is 2. The van der Waals surface area contributed by atoms with Crippen LogP contribution >= 0.6 is 15.6 Å². The second-order valence-corrected chi connectivity index (χ2v) is 19.0. The molecule has 2 unspecified atom stereocenters. The number of carbonyl (C=O) groups excluding carboxylic acids is 2. The lowest BCUT2D eigenvalue weighted by molar-refractivity contribution is -0.161. The summed E-state index contributed by atoms with van der Waals surface area (Å²) in [7, 11) is -9.75. The monoisotopic (exact) mass is 947 g/mol. The van der Waals surface area contributed by atoms with E-state index in [2.05, 4.69) is 66.3 Å². The fraction of sp³-hybridized carbons (Fsp3) is 0.708. The molecule has 4 atom stereocenters. The molecule has 0 spiro atoms. The van der Waals surface area contributed by atoms with Crippen LogP contribution in [-0.2, 0) is 41.8 Å². The van der Waals surface area contributed by atoms with Crippen LogP contribution < -0.4 is 0 Å². The first kappa shape index (κ1) is 61.5. The minimum Gasteiger partial charge on any atom is -0.462 e. The number of phosphoric ester groups is 2. The number of phosphoric acid groups is 2. The Balaban J connectivity index is 4.68. The molecule has 5 N–H and O–H groups in total. The van der Waals surface area contributed by atoms with E-state index in [0.717, 1.165) is 50.9 Å². The van der Waals surface area contributed by atoms with E-state index in [-0.39, 0.29) is 19.3 Å². The van der Waals surface area contributed by atoms with E-state index in [1.807, 2.05) is 12.2 Å². The van der Waals surface area contributed by atoms with Crippen LogP contribution in [0.4, 0.5) is 0 Å². The number of allylic oxidation sites excluding steroid dienone is 10. The Morgan fingerprint density at radius 2 is 1.08 bits per heavy atom. The topological polar surface area (TPSA) is 216 Å². The number of carbonyl (C=O) groups is 2. The summed E-state index contributed by atoms with van der Waals surface area (Å²) in [5.41, 5.74) is 0. The van der Waals surface area contributed by atoms with Crippen LogP contribution in [0.3, 0.4) is 0 Å². The summed E-state index contributed by atoms with van der Waals surface area (Å²) < 4.78 is 47.7. The first-order chi connectivity index (χ1) is 30.6. The van der Waals surface area contributed by atoms with Crippen molar-refractivity contribution in [3.63, 3.8) is 0 Å². The molecule has 0 aliphatic rings. The minimum atomic E-state index is -4.89.